The molecule has 1 aromatic heterocycles. The lowest BCUT2D eigenvalue weighted by Crippen LogP contribution is -2.46. The van der Waals surface area contributed by atoms with Crippen LogP contribution in [0.15, 0.2) is 60.7 Å². The first kappa shape index (κ1) is 25.9. The van der Waals surface area contributed by atoms with Crippen LogP contribution < -0.4 is 5.32 Å². The average molecular weight is 493 g/mol. The number of benzene rings is 2. The molecule has 2 amide bonds. The maximum Gasteiger partial charge on any atom is 0.317 e. The third-order valence-corrected chi connectivity index (χ3v) is 6.68. The number of H-pyrrole nitrogens is 1. The summed E-state index contributed by atoms with van der Waals surface area (Å²) in [6, 6.07) is 19.0. The van der Waals surface area contributed by atoms with Gasteiger partial charge in [-0.05, 0) is 49.6 Å². The van der Waals surface area contributed by atoms with E-state index in [1.807, 2.05) is 19.2 Å². The highest BCUT2D eigenvalue weighted by atomic mass is 19.1. The fraction of sp³-hybridized carbons (Fsp3) is 0.429. The number of aryl methyl sites for hydroxylation is 1. The largest absolute Gasteiger partial charge is 0.338 e. The van der Waals surface area contributed by atoms with Gasteiger partial charge in [-0.15, -0.1) is 0 Å². The van der Waals surface area contributed by atoms with E-state index in [0.29, 0.717) is 13.1 Å². The second kappa shape index (κ2) is 13.2. The normalized spacial score (nSPS) is 14.6. The van der Waals surface area contributed by atoms with E-state index in [1.165, 1.54) is 17.7 Å². The highest BCUT2D eigenvalue weighted by Gasteiger charge is 2.16. The van der Waals surface area contributed by atoms with Gasteiger partial charge in [0.2, 0.25) is 0 Å². The van der Waals surface area contributed by atoms with Crippen LogP contribution in [0.1, 0.15) is 24.1 Å². The number of piperazine rings is 1. The Bertz CT molecular complexity index is 1080. The molecule has 3 aromatic rings. The number of nitrogens with zero attached hydrogens (tertiary/aromatic N) is 4. The quantitative estimate of drug-likeness (QED) is 0.397. The molecule has 0 aliphatic carbocycles. The maximum atomic E-state index is 13.4. The number of rotatable bonds is 11. The van der Waals surface area contributed by atoms with Crippen LogP contribution in [0.25, 0.3) is 11.3 Å². The van der Waals surface area contributed by atoms with E-state index >= 15 is 0 Å². The Hall–Kier alpha value is -3.23. The number of hydrogen-bond donors (Lipinski definition) is 2. The maximum absolute atomic E-state index is 13.4. The van der Waals surface area contributed by atoms with Crippen molar-refractivity contribution in [3.8, 4) is 11.3 Å². The zero-order chi connectivity index (χ0) is 25.2. The van der Waals surface area contributed by atoms with Crippen molar-refractivity contribution in [2.45, 2.75) is 25.8 Å². The van der Waals surface area contributed by atoms with Crippen LogP contribution in [0.2, 0.25) is 0 Å². The predicted octanol–water partition coefficient (Wildman–Crippen LogP) is 4.00. The first-order chi connectivity index (χ1) is 17.6. The van der Waals surface area contributed by atoms with Gasteiger partial charge in [0, 0.05) is 64.1 Å². The standard InChI is InChI=1S/C28H37FN6O/c1-33(14-6-12-26-21-27(32-31-26)24-10-5-11-25(29)20-24)28(36)30-13-7-15-34-16-18-35(19-17-34)22-23-8-3-2-4-9-23/h2-5,8-11,20-21H,6-7,12-19,22H2,1H3,(H,30,36)(H,31,32). The van der Waals surface area contributed by atoms with E-state index in [4.69, 9.17) is 0 Å². The lowest BCUT2D eigenvalue weighted by atomic mass is 10.1. The van der Waals surface area contributed by atoms with Crippen molar-refractivity contribution in [2.75, 3.05) is 52.9 Å². The van der Waals surface area contributed by atoms with Gasteiger partial charge in [-0.25, -0.2) is 9.18 Å². The minimum atomic E-state index is -0.272. The first-order valence-corrected chi connectivity index (χ1v) is 12.8. The summed E-state index contributed by atoms with van der Waals surface area (Å²) < 4.78 is 13.4. The van der Waals surface area contributed by atoms with Gasteiger partial charge in [0.15, 0.2) is 0 Å². The SMILES string of the molecule is CN(CCCc1cc(-c2cccc(F)c2)n[nH]1)C(=O)NCCCN1CCN(Cc2ccccc2)CC1. The van der Waals surface area contributed by atoms with Crippen LogP contribution in [-0.4, -0.2) is 83.8 Å². The first-order valence-electron chi connectivity index (χ1n) is 12.8. The van der Waals surface area contributed by atoms with E-state index in [2.05, 4.69) is 55.6 Å². The Morgan fingerprint density at radius 2 is 1.81 bits per heavy atom. The highest BCUT2D eigenvalue weighted by molar-refractivity contribution is 5.73. The van der Waals surface area contributed by atoms with Gasteiger partial charge < -0.3 is 15.1 Å². The Kier molecular flexibility index (Phi) is 9.47. The Labute approximate surface area is 213 Å². The monoisotopic (exact) mass is 492 g/mol. The second-order valence-electron chi connectivity index (χ2n) is 9.50. The predicted molar refractivity (Wildman–Crippen MR) is 141 cm³/mol. The molecule has 0 unspecified atom stereocenters. The molecule has 36 heavy (non-hydrogen) atoms. The fourth-order valence-electron chi connectivity index (χ4n) is 4.54. The van der Waals surface area contributed by atoms with Crippen LogP contribution >= 0.6 is 0 Å². The highest BCUT2D eigenvalue weighted by Crippen LogP contribution is 2.19. The summed E-state index contributed by atoms with van der Waals surface area (Å²) in [5.74, 6) is -0.272. The van der Waals surface area contributed by atoms with Gasteiger partial charge in [-0.3, -0.25) is 10.00 Å². The van der Waals surface area contributed by atoms with Crippen LogP contribution in [0, 0.1) is 5.82 Å². The van der Waals surface area contributed by atoms with Crippen molar-refractivity contribution < 1.29 is 9.18 Å². The van der Waals surface area contributed by atoms with Gasteiger partial charge in [-0.2, -0.15) is 5.10 Å². The van der Waals surface area contributed by atoms with Crippen molar-refractivity contribution in [1.82, 2.24) is 30.2 Å². The minimum absolute atomic E-state index is 0.0345. The number of nitrogens with one attached hydrogen (secondary N) is 2. The fourth-order valence-corrected chi connectivity index (χ4v) is 4.54. The molecule has 0 radical (unpaired) electrons. The number of urea groups is 1. The molecule has 2 aromatic carbocycles. The molecular formula is C28H37FN6O. The second-order valence-corrected chi connectivity index (χ2v) is 9.50. The summed E-state index contributed by atoms with van der Waals surface area (Å²) in [6.45, 7) is 7.70. The number of aromatic amines is 1. The van der Waals surface area contributed by atoms with Gasteiger partial charge in [0.1, 0.15) is 5.82 Å². The minimum Gasteiger partial charge on any atom is -0.338 e. The third-order valence-electron chi connectivity index (χ3n) is 6.68. The molecule has 1 fully saturated rings. The summed E-state index contributed by atoms with van der Waals surface area (Å²) in [5, 5.41) is 10.3. The number of carbonyl (C=O) groups is 1. The smallest absolute Gasteiger partial charge is 0.317 e. The zero-order valence-electron chi connectivity index (χ0n) is 21.1. The van der Waals surface area contributed by atoms with E-state index in [0.717, 1.165) is 75.5 Å². The number of hydrogen-bond acceptors (Lipinski definition) is 4. The summed E-state index contributed by atoms with van der Waals surface area (Å²) in [6.07, 6.45) is 2.55. The van der Waals surface area contributed by atoms with Crippen molar-refractivity contribution in [2.24, 2.45) is 0 Å². The van der Waals surface area contributed by atoms with E-state index < -0.39 is 0 Å². The topological polar surface area (TPSA) is 67.5 Å². The molecule has 4 rings (SSSR count). The van der Waals surface area contributed by atoms with E-state index in [9.17, 15) is 9.18 Å². The summed E-state index contributed by atoms with van der Waals surface area (Å²) in [5.41, 5.74) is 3.83. The van der Waals surface area contributed by atoms with Gasteiger partial charge in [0.25, 0.3) is 0 Å². The summed E-state index contributed by atoms with van der Waals surface area (Å²) in [7, 11) is 1.83. The summed E-state index contributed by atoms with van der Waals surface area (Å²) in [4.78, 5) is 19.1. The third kappa shape index (κ3) is 7.90. The van der Waals surface area contributed by atoms with Crippen molar-refractivity contribution in [3.63, 3.8) is 0 Å². The van der Waals surface area contributed by atoms with Crippen LogP contribution in [0.5, 0.6) is 0 Å². The van der Waals surface area contributed by atoms with Gasteiger partial charge in [-0.1, -0.05) is 42.5 Å². The molecule has 8 heteroatoms. The molecule has 0 saturated carbocycles. The van der Waals surface area contributed by atoms with E-state index in [1.54, 1.807) is 11.0 Å². The lowest BCUT2D eigenvalue weighted by molar-refractivity contribution is 0.126. The molecule has 1 aliphatic rings. The van der Waals surface area contributed by atoms with E-state index in [-0.39, 0.29) is 11.8 Å². The molecule has 1 aliphatic heterocycles. The molecule has 2 heterocycles. The van der Waals surface area contributed by atoms with Gasteiger partial charge in [0.05, 0.1) is 5.69 Å². The van der Waals surface area contributed by atoms with Crippen molar-refractivity contribution in [1.29, 1.82) is 0 Å². The number of carbonyl (C=O) groups excluding carboxylic acids is 1. The molecule has 2 N–H and O–H groups in total. The average Bonchev–Trinajstić information content (AvgIpc) is 3.37. The number of halogens is 1. The summed E-state index contributed by atoms with van der Waals surface area (Å²) >= 11 is 0. The number of amides is 2. The van der Waals surface area contributed by atoms with Crippen molar-refractivity contribution in [3.05, 3.63) is 77.7 Å². The zero-order valence-corrected chi connectivity index (χ0v) is 21.1. The lowest BCUT2D eigenvalue weighted by Gasteiger charge is -2.34. The molecule has 0 atom stereocenters. The van der Waals surface area contributed by atoms with Crippen LogP contribution in [0.4, 0.5) is 9.18 Å². The van der Waals surface area contributed by atoms with Crippen molar-refractivity contribution >= 4 is 6.03 Å². The molecule has 0 bridgehead atoms. The Balaban J connectivity index is 1.06. The molecule has 1 saturated heterocycles. The molecule has 0 spiro atoms. The Morgan fingerprint density at radius 1 is 1.03 bits per heavy atom. The van der Waals surface area contributed by atoms with Crippen LogP contribution in [-0.2, 0) is 13.0 Å². The van der Waals surface area contributed by atoms with Crippen LogP contribution in [0.3, 0.4) is 0 Å². The molecular weight excluding hydrogens is 455 g/mol. The number of aromatic nitrogens is 2. The molecule has 7 nitrogen and oxygen atoms in total. The molecule has 192 valence electrons. The van der Waals surface area contributed by atoms with Gasteiger partial charge >= 0.3 is 6.03 Å². The Morgan fingerprint density at radius 3 is 2.58 bits per heavy atom.